The molecule has 0 aromatic heterocycles. The number of benzene rings is 2. The van der Waals surface area contributed by atoms with E-state index in [9.17, 15) is 18.0 Å². The van der Waals surface area contributed by atoms with Gasteiger partial charge in [-0.2, -0.15) is 0 Å². The maximum absolute atomic E-state index is 13.4. The van der Waals surface area contributed by atoms with Crippen LogP contribution in [0.2, 0.25) is 0 Å². The van der Waals surface area contributed by atoms with Crippen LogP contribution in [0.25, 0.3) is 0 Å². The molecule has 6 heteroatoms. The van der Waals surface area contributed by atoms with Crippen LogP contribution >= 0.6 is 11.8 Å². The van der Waals surface area contributed by atoms with Crippen LogP contribution in [0.5, 0.6) is 0 Å². The third kappa shape index (κ3) is 3.33. The average Bonchev–Trinajstić information content (AvgIpc) is 2.40. The maximum Gasteiger partial charge on any atom is 0.336 e. The van der Waals surface area contributed by atoms with Gasteiger partial charge in [-0.15, -0.1) is 11.8 Å². The second-order valence-corrected chi connectivity index (χ2v) is 4.99. The Morgan fingerprint density at radius 3 is 2.40 bits per heavy atom. The molecule has 0 heterocycles. The highest BCUT2D eigenvalue weighted by atomic mass is 32.2. The van der Waals surface area contributed by atoms with Crippen molar-refractivity contribution >= 4 is 17.7 Å². The topological polar surface area (TPSA) is 37.3 Å². The molecule has 20 heavy (non-hydrogen) atoms. The Balaban J connectivity index is 2.23. The second kappa shape index (κ2) is 6.00. The van der Waals surface area contributed by atoms with E-state index in [1.54, 1.807) is 0 Å². The Kier molecular flexibility index (Phi) is 4.34. The van der Waals surface area contributed by atoms with E-state index in [0.717, 1.165) is 42.1 Å². The lowest BCUT2D eigenvalue weighted by Crippen LogP contribution is -2.02. The van der Waals surface area contributed by atoms with Crippen molar-refractivity contribution in [3.05, 3.63) is 65.0 Å². The van der Waals surface area contributed by atoms with Gasteiger partial charge in [-0.25, -0.2) is 18.0 Å². The molecule has 2 rings (SSSR count). The smallest absolute Gasteiger partial charge is 0.336 e. The molecule has 0 saturated heterocycles. The molecule has 0 fully saturated rings. The zero-order chi connectivity index (χ0) is 14.7. The molecule has 0 spiro atoms. The minimum absolute atomic E-state index is 0.0747. The highest BCUT2D eigenvalue weighted by Crippen LogP contribution is 2.27. The number of hydrogen-bond acceptors (Lipinski definition) is 2. The lowest BCUT2D eigenvalue weighted by atomic mass is 10.1. The van der Waals surface area contributed by atoms with Crippen LogP contribution in [-0.4, -0.2) is 11.1 Å². The van der Waals surface area contributed by atoms with Gasteiger partial charge in [-0.05, 0) is 35.9 Å². The number of rotatable bonds is 4. The summed E-state index contributed by atoms with van der Waals surface area (Å²) in [5.74, 6) is -2.99. The summed E-state index contributed by atoms with van der Waals surface area (Å²) in [4.78, 5) is 11.1. The van der Waals surface area contributed by atoms with Crippen LogP contribution in [0.4, 0.5) is 13.2 Å². The molecule has 2 nitrogen and oxygen atoms in total. The summed E-state index contributed by atoms with van der Waals surface area (Å²) in [7, 11) is 0. The molecule has 0 amide bonds. The second-order valence-electron chi connectivity index (χ2n) is 3.97. The van der Waals surface area contributed by atoms with Gasteiger partial charge >= 0.3 is 5.97 Å². The fourth-order valence-corrected chi connectivity index (χ4v) is 2.58. The first-order chi connectivity index (χ1) is 9.47. The first kappa shape index (κ1) is 14.5. The van der Waals surface area contributed by atoms with Crippen molar-refractivity contribution in [3.8, 4) is 0 Å². The van der Waals surface area contributed by atoms with Crippen molar-refractivity contribution in [2.45, 2.75) is 10.6 Å². The van der Waals surface area contributed by atoms with Gasteiger partial charge in [0.15, 0.2) is 0 Å². The summed E-state index contributed by atoms with van der Waals surface area (Å²) in [5, 5.41) is 8.98. The number of halogens is 3. The molecule has 2 aromatic carbocycles. The summed E-state index contributed by atoms with van der Waals surface area (Å²) in [6.07, 6.45) is 0. The van der Waals surface area contributed by atoms with E-state index < -0.39 is 23.4 Å². The molecule has 0 bridgehead atoms. The van der Waals surface area contributed by atoms with Gasteiger partial charge in [0, 0.05) is 10.6 Å². The van der Waals surface area contributed by atoms with Crippen LogP contribution in [-0.2, 0) is 5.75 Å². The van der Waals surface area contributed by atoms with Gasteiger partial charge in [0.1, 0.15) is 17.5 Å². The van der Waals surface area contributed by atoms with Gasteiger partial charge in [0.25, 0.3) is 0 Å². The predicted octanol–water partition coefficient (Wildman–Crippen LogP) is 4.09. The number of carboxylic acid groups (broad SMARTS) is 1. The Hall–Kier alpha value is -1.95. The summed E-state index contributed by atoms with van der Waals surface area (Å²) in [6, 6.07) is 6.39. The standard InChI is InChI=1S/C14H9F3O2S/c15-9-2-1-8(11(5-9)14(18)19)7-20-13-6-10(16)3-4-12(13)17/h1-6H,7H2,(H,18,19). The molecule has 0 atom stereocenters. The van der Waals surface area contributed by atoms with Crippen molar-refractivity contribution in [2.75, 3.05) is 0 Å². The van der Waals surface area contributed by atoms with E-state index in [1.165, 1.54) is 6.07 Å². The van der Waals surface area contributed by atoms with Crippen LogP contribution in [0.15, 0.2) is 41.3 Å². The van der Waals surface area contributed by atoms with Crippen LogP contribution in [0.3, 0.4) is 0 Å². The van der Waals surface area contributed by atoms with E-state index in [-0.39, 0.29) is 16.2 Å². The van der Waals surface area contributed by atoms with Gasteiger partial charge in [0.05, 0.1) is 5.56 Å². The Bertz CT molecular complexity index is 659. The minimum Gasteiger partial charge on any atom is -0.478 e. The number of aromatic carboxylic acids is 1. The van der Waals surface area contributed by atoms with Crippen molar-refractivity contribution < 1.29 is 23.1 Å². The first-order valence-corrected chi connectivity index (χ1v) is 6.55. The molecule has 104 valence electrons. The minimum atomic E-state index is -1.26. The van der Waals surface area contributed by atoms with Gasteiger partial charge < -0.3 is 5.11 Å². The zero-order valence-corrected chi connectivity index (χ0v) is 10.9. The number of carboxylic acids is 1. The van der Waals surface area contributed by atoms with Gasteiger partial charge in [-0.3, -0.25) is 0 Å². The van der Waals surface area contributed by atoms with Crippen LogP contribution in [0.1, 0.15) is 15.9 Å². The molecule has 0 unspecified atom stereocenters. The Labute approximate surface area is 117 Å². The van der Waals surface area contributed by atoms with E-state index in [0.29, 0.717) is 5.56 Å². The highest BCUT2D eigenvalue weighted by Gasteiger charge is 2.13. The quantitative estimate of drug-likeness (QED) is 0.864. The normalized spacial score (nSPS) is 10.6. The monoisotopic (exact) mass is 298 g/mol. The first-order valence-electron chi connectivity index (χ1n) is 5.57. The van der Waals surface area contributed by atoms with Crippen molar-refractivity contribution in [1.82, 2.24) is 0 Å². The molecule has 2 aromatic rings. The molecule has 1 N–H and O–H groups in total. The third-order valence-corrected chi connectivity index (χ3v) is 3.66. The summed E-state index contributed by atoms with van der Waals surface area (Å²) in [5.41, 5.74) is 0.155. The molecular weight excluding hydrogens is 289 g/mol. The molecule has 0 aliphatic carbocycles. The van der Waals surface area contributed by atoms with Crippen molar-refractivity contribution in [1.29, 1.82) is 0 Å². The third-order valence-electron chi connectivity index (χ3n) is 2.58. The molecular formula is C14H9F3O2S. The predicted molar refractivity (Wildman–Crippen MR) is 69.3 cm³/mol. The molecule has 0 saturated carbocycles. The molecule has 0 aliphatic heterocycles. The largest absolute Gasteiger partial charge is 0.478 e. The zero-order valence-electron chi connectivity index (χ0n) is 10.1. The SMILES string of the molecule is O=C(O)c1cc(F)ccc1CSc1cc(F)ccc1F. The average molecular weight is 298 g/mol. The molecule has 0 aliphatic rings. The lowest BCUT2D eigenvalue weighted by molar-refractivity contribution is 0.0695. The summed E-state index contributed by atoms with van der Waals surface area (Å²) in [6.45, 7) is 0. The van der Waals surface area contributed by atoms with E-state index in [2.05, 4.69) is 0 Å². The fourth-order valence-electron chi connectivity index (χ4n) is 1.62. The highest BCUT2D eigenvalue weighted by molar-refractivity contribution is 7.98. The summed E-state index contributed by atoms with van der Waals surface area (Å²) >= 11 is 0.951. The van der Waals surface area contributed by atoms with E-state index in [1.807, 2.05) is 0 Å². The Morgan fingerprint density at radius 1 is 1.05 bits per heavy atom. The van der Waals surface area contributed by atoms with E-state index >= 15 is 0 Å². The summed E-state index contributed by atoms with van der Waals surface area (Å²) < 4.78 is 39.4. The lowest BCUT2D eigenvalue weighted by Gasteiger charge is -2.07. The Morgan fingerprint density at radius 2 is 1.70 bits per heavy atom. The van der Waals surface area contributed by atoms with Gasteiger partial charge in [0.2, 0.25) is 0 Å². The van der Waals surface area contributed by atoms with Gasteiger partial charge in [-0.1, -0.05) is 6.07 Å². The van der Waals surface area contributed by atoms with Crippen molar-refractivity contribution in [3.63, 3.8) is 0 Å². The number of carbonyl (C=O) groups is 1. The fraction of sp³-hybridized carbons (Fsp3) is 0.0714. The number of thioether (sulfide) groups is 1. The van der Waals surface area contributed by atoms with Crippen molar-refractivity contribution in [2.24, 2.45) is 0 Å². The number of hydrogen-bond donors (Lipinski definition) is 1. The van der Waals surface area contributed by atoms with Crippen LogP contribution in [0, 0.1) is 17.5 Å². The molecule has 0 radical (unpaired) electrons. The maximum atomic E-state index is 13.4. The van der Waals surface area contributed by atoms with Crippen LogP contribution < -0.4 is 0 Å². The van der Waals surface area contributed by atoms with E-state index in [4.69, 9.17) is 5.11 Å².